The van der Waals surface area contributed by atoms with Gasteiger partial charge < -0.3 is 0 Å². The Morgan fingerprint density at radius 2 is 1.95 bits per heavy atom. The Bertz CT molecular complexity index is 825. The van der Waals surface area contributed by atoms with Crippen molar-refractivity contribution in [3.05, 3.63) is 58.4 Å². The van der Waals surface area contributed by atoms with E-state index in [1.807, 2.05) is 0 Å². The number of para-hydroxylation sites is 2. The molecule has 0 amide bonds. The number of aromatic nitrogens is 1. The van der Waals surface area contributed by atoms with Gasteiger partial charge in [0.2, 0.25) is 0 Å². The predicted octanol–water partition coefficient (Wildman–Crippen LogP) is 1.66. The van der Waals surface area contributed by atoms with Gasteiger partial charge in [-0.15, -0.1) is 0 Å². The SMILES string of the molecule is N#Cc1ccc(S(=O)(=O)Nc2ccccc2[N+](=O)[O-])cn1. The molecule has 2 rings (SSSR count). The third-order valence-electron chi connectivity index (χ3n) is 2.51. The molecule has 1 heterocycles. The lowest BCUT2D eigenvalue weighted by Crippen LogP contribution is -2.14. The summed E-state index contributed by atoms with van der Waals surface area (Å²) in [5, 5.41) is 19.5. The van der Waals surface area contributed by atoms with Gasteiger partial charge in [-0.1, -0.05) is 12.1 Å². The maximum Gasteiger partial charge on any atom is 0.293 e. The first kappa shape index (κ1) is 14.4. The number of hydrogen-bond donors (Lipinski definition) is 1. The Morgan fingerprint density at radius 1 is 1.24 bits per heavy atom. The van der Waals surface area contributed by atoms with Gasteiger partial charge in [0.25, 0.3) is 15.7 Å². The summed E-state index contributed by atoms with van der Waals surface area (Å²) in [5.74, 6) is 0. The number of hydrogen-bond acceptors (Lipinski definition) is 6. The Kier molecular flexibility index (Phi) is 3.82. The summed E-state index contributed by atoms with van der Waals surface area (Å²) < 4.78 is 26.4. The van der Waals surface area contributed by atoms with Gasteiger partial charge in [-0.2, -0.15) is 5.26 Å². The molecule has 0 aliphatic rings. The van der Waals surface area contributed by atoms with Crippen molar-refractivity contribution in [1.82, 2.24) is 4.98 Å². The molecule has 0 saturated carbocycles. The van der Waals surface area contributed by atoms with Gasteiger partial charge in [-0.05, 0) is 18.2 Å². The molecule has 0 radical (unpaired) electrons. The summed E-state index contributed by atoms with van der Waals surface area (Å²) >= 11 is 0. The van der Waals surface area contributed by atoms with Gasteiger partial charge in [-0.3, -0.25) is 14.8 Å². The average Bonchev–Trinajstić information content (AvgIpc) is 2.47. The smallest absolute Gasteiger partial charge is 0.273 e. The van der Waals surface area contributed by atoms with Crippen LogP contribution >= 0.6 is 0 Å². The van der Waals surface area contributed by atoms with Crippen molar-refractivity contribution in [2.24, 2.45) is 0 Å². The average molecular weight is 304 g/mol. The third-order valence-corrected chi connectivity index (χ3v) is 3.86. The molecule has 0 spiro atoms. The molecule has 0 unspecified atom stereocenters. The van der Waals surface area contributed by atoms with Crippen LogP contribution in [0.3, 0.4) is 0 Å². The highest BCUT2D eigenvalue weighted by molar-refractivity contribution is 7.92. The van der Waals surface area contributed by atoms with Crippen molar-refractivity contribution >= 4 is 21.4 Å². The molecule has 1 aromatic heterocycles. The summed E-state index contributed by atoms with van der Waals surface area (Å²) in [5.41, 5.74) is -0.436. The van der Waals surface area contributed by atoms with Crippen molar-refractivity contribution in [2.45, 2.75) is 4.90 Å². The molecular formula is C12H8N4O4S. The largest absolute Gasteiger partial charge is 0.293 e. The van der Waals surface area contributed by atoms with E-state index in [4.69, 9.17) is 5.26 Å². The quantitative estimate of drug-likeness (QED) is 0.676. The fourth-order valence-corrected chi connectivity index (χ4v) is 2.55. The summed E-state index contributed by atoms with van der Waals surface area (Å²) in [6.45, 7) is 0. The van der Waals surface area contributed by atoms with Crippen molar-refractivity contribution in [2.75, 3.05) is 4.72 Å². The van der Waals surface area contributed by atoms with E-state index < -0.39 is 14.9 Å². The maximum atomic E-state index is 12.1. The Hall–Kier alpha value is -2.99. The molecule has 1 N–H and O–H groups in total. The summed E-state index contributed by atoms with van der Waals surface area (Å²) in [6, 6.07) is 9.58. The van der Waals surface area contributed by atoms with Crippen LogP contribution in [0.4, 0.5) is 11.4 Å². The van der Waals surface area contributed by atoms with Crippen LogP contribution in [0.1, 0.15) is 5.69 Å². The van der Waals surface area contributed by atoms with Crippen LogP contribution < -0.4 is 4.72 Å². The van der Waals surface area contributed by atoms with Crippen LogP contribution in [0.5, 0.6) is 0 Å². The van der Waals surface area contributed by atoms with Gasteiger partial charge in [-0.25, -0.2) is 13.4 Å². The van der Waals surface area contributed by atoms with Crippen LogP contribution in [-0.4, -0.2) is 18.3 Å². The second kappa shape index (κ2) is 5.56. The highest BCUT2D eigenvalue weighted by Gasteiger charge is 2.20. The molecule has 0 aliphatic carbocycles. The van der Waals surface area contributed by atoms with Crippen molar-refractivity contribution in [3.8, 4) is 6.07 Å². The first-order valence-corrected chi connectivity index (χ1v) is 7.05. The molecule has 8 nitrogen and oxygen atoms in total. The van der Waals surface area contributed by atoms with Gasteiger partial charge in [0.05, 0.1) is 4.92 Å². The molecule has 0 bridgehead atoms. The third kappa shape index (κ3) is 3.13. The van der Waals surface area contributed by atoms with E-state index in [0.29, 0.717) is 0 Å². The molecule has 106 valence electrons. The number of sulfonamides is 1. The fourth-order valence-electron chi connectivity index (χ4n) is 1.53. The lowest BCUT2D eigenvalue weighted by Gasteiger charge is -2.07. The monoisotopic (exact) mass is 304 g/mol. The number of anilines is 1. The Labute approximate surface area is 119 Å². The van der Waals surface area contributed by atoms with Crippen molar-refractivity contribution in [1.29, 1.82) is 5.26 Å². The minimum atomic E-state index is -4.02. The number of nitriles is 1. The zero-order valence-electron chi connectivity index (χ0n) is 10.4. The first-order valence-electron chi connectivity index (χ1n) is 5.56. The van der Waals surface area contributed by atoms with E-state index in [-0.39, 0.29) is 22.0 Å². The van der Waals surface area contributed by atoms with E-state index in [1.54, 1.807) is 6.07 Å². The minimum absolute atomic E-state index is 0.0691. The van der Waals surface area contributed by atoms with Crippen LogP contribution in [0.25, 0.3) is 0 Å². The second-order valence-electron chi connectivity index (χ2n) is 3.87. The van der Waals surface area contributed by atoms with Gasteiger partial charge in [0, 0.05) is 12.3 Å². The maximum absolute atomic E-state index is 12.1. The summed E-state index contributed by atoms with van der Waals surface area (Å²) in [4.78, 5) is 13.6. The topological polar surface area (TPSA) is 126 Å². The molecule has 0 aliphatic heterocycles. The first-order chi connectivity index (χ1) is 9.94. The van der Waals surface area contributed by atoms with Gasteiger partial charge in [0.15, 0.2) is 0 Å². The lowest BCUT2D eigenvalue weighted by atomic mass is 10.3. The van der Waals surface area contributed by atoms with E-state index in [2.05, 4.69) is 9.71 Å². The molecule has 9 heteroatoms. The number of nitro groups is 1. The van der Waals surface area contributed by atoms with E-state index in [0.717, 1.165) is 6.20 Å². The lowest BCUT2D eigenvalue weighted by molar-refractivity contribution is -0.383. The van der Waals surface area contributed by atoms with Crippen molar-refractivity contribution < 1.29 is 13.3 Å². The van der Waals surface area contributed by atoms with E-state index >= 15 is 0 Å². The predicted molar refractivity (Wildman–Crippen MR) is 72.9 cm³/mol. The number of nitrogens with zero attached hydrogens (tertiary/aromatic N) is 3. The number of rotatable bonds is 4. The molecule has 2 aromatic rings. The van der Waals surface area contributed by atoms with Crippen LogP contribution in [0.2, 0.25) is 0 Å². The Balaban J connectivity index is 2.38. The van der Waals surface area contributed by atoms with Gasteiger partial charge >= 0.3 is 0 Å². The van der Waals surface area contributed by atoms with Crippen molar-refractivity contribution in [3.63, 3.8) is 0 Å². The van der Waals surface area contributed by atoms with Crippen LogP contribution in [0.15, 0.2) is 47.5 Å². The van der Waals surface area contributed by atoms with Crippen LogP contribution in [0, 0.1) is 21.4 Å². The molecule has 0 atom stereocenters. The minimum Gasteiger partial charge on any atom is -0.273 e. The van der Waals surface area contributed by atoms with E-state index in [9.17, 15) is 18.5 Å². The number of nitrogens with one attached hydrogen (secondary N) is 1. The number of pyridine rings is 1. The van der Waals surface area contributed by atoms with Crippen LogP contribution in [-0.2, 0) is 10.0 Å². The highest BCUT2D eigenvalue weighted by atomic mass is 32.2. The number of nitro benzene ring substituents is 1. The molecular weight excluding hydrogens is 296 g/mol. The fraction of sp³-hybridized carbons (Fsp3) is 0. The molecule has 1 aromatic carbocycles. The second-order valence-corrected chi connectivity index (χ2v) is 5.55. The van der Waals surface area contributed by atoms with E-state index in [1.165, 1.54) is 36.4 Å². The van der Waals surface area contributed by atoms with Gasteiger partial charge in [0.1, 0.15) is 22.3 Å². The molecule has 0 saturated heterocycles. The summed E-state index contributed by atoms with van der Waals surface area (Å²) in [7, 11) is -4.02. The normalized spacial score (nSPS) is 10.6. The standard InChI is InChI=1S/C12H8N4O4S/c13-7-9-5-6-10(8-14-9)21(19,20)15-11-3-1-2-4-12(11)16(17)18/h1-6,8,15H. The zero-order valence-corrected chi connectivity index (χ0v) is 11.2. The summed E-state index contributed by atoms with van der Waals surface area (Å²) in [6.07, 6.45) is 1.01. The number of benzene rings is 1. The molecule has 21 heavy (non-hydrogen) atoms. The molecule has 0 fully saturated rings. The zero-order chi connectivity index (χ0) is 15.5. The highest BCUT2D eigenvalue weighted by Crippen LogP contribution is 2.25. The Morgan fingerprint density at radius 3 is 2.52 bits per heavy atom.